The van der Waals surface area contributed by atoms with Gasteiger partial charge in [0.2, 0.25) is 5.78 Å². The quantitative estimate of drug-likeness (QED) is 0.661. The number of hydrogen-bond acceptors (Lipinski definition) is 3. The lowest BCUT2D eigenvalue weighted by Gasteiger charge is -2.11. The van der Waals surface area contributed by atoms with Gasteiger partial charge in [-0.05, 0) is 56.3 Å². The third-order valence-corrected chi connectivity index (χ3v) is 5.33. The Morgan fingerprint density at radius 2 is 1.76 bits per heavy atom. The van der Waals surface area contributed by atoms with Crippen LogP contribution in [0.1, 0.15) is 31.5 Å². The number of ketones is 1. The first-order valence-corrected chi connectivity index (χ1v) is 8.86. The number of aryl methyl sites for hydroxylation is 2. The van der Waals surface area contributed by atoms with Crippen LogP contribution in [-0.2, 0) is 11.2 Å². The third kappa shape index (κ3) is 3.52. The molecule has 128 valence electrons. The molecule has 3 aromatic rings. The standard InChI is InChI=1S/C19H16ClNO3S/c1-11-3-4-12(2)21(11)13-5-7-15(16(20)9-13)19(24)17-8-6-14(25-17)10-18(22)23/h3-9H,10H2,1-2H3,(H,22,23). The second kappa shape index (κ2) is 6.86. The van der Waals surface area contributed by atoms with Crippen LogP contribution in [0.4, 0.5) is 0 Å². The highest BCUT2D eigenvalue weighted by Crippen LogP contribution is 2.27. The topological polar surface area (TPSA) is 59.3 Å². The van der Waals surface area contributed by atoms with Crippen molar-refractivity contribution >= 4 is 34.7 Å². The maximum atomic E-state index is 12.7. The van der Waals surface area contributed by atoms with Gasteiger partial charge in [-0.25, -0.2) is 0 Å². The number of carboxylic acid groups (broad SMARTS) is 1. The van der Waals surface area contributed by atoms with Gasteiger partial charge >= 0.3 is 5.97 Å². The number of carbonyl (C=O) groups excluding carboxylic acids is 1. The highest BCUT2D eigenvalue weighted by Gasteiger charge is 2.17. The SMILES string of the molecule is Cc1ccc(C)n1-c1ccc(C(=O)c2ccc(CC(=O)O)s2)c(Cl)c1. The molecule has 1 N–H and O–H groups in total. The van der Waals surface area contributed by atoms with Crippen molar-refractivity contribution in [2.45, 2.75) is 20.3 Å². The van der Waals surface area contributed by atoms with Gasteiger partial charge in [0.1, 0.15) is 0 Å². The van der Waals surface area contributed by atoms with Gasteiger partial charge in [0, 0.05) is 27.5 Å². The zero-order valence-corrected chi connectivity index (χ0v) is 15.3. The molecular formula is C19H16ClNO3S. The number of aliphatic carboxylic acids is 1. The monoisotopic (exact) mass is 373 g/mol. The van der Waals surface area contributed by atoms with Gasteiger partial charge in [-0.2, -0.15) is 0 Å². The number of rotatable bonds is 5. The molecule has 0 aliphatic heterocycles. The number of carbonyl (C=O) groups is 2. The fourth-order valence-electron chi connectivity index (χ4n) is 2.78. The lowest BCUT2D eigenvalue weighted by molar-refractivity contribution is -0.136. The molecule has 0 amide bonds. The largest absolute Gasteiger partial charge is 0.481 e. The average Bonchev–Trinajstić information content (AvgIpc) is 3.13. The Balaban J connectivity index is 1.92. The van der Waals surface area contributed by atoms with Crippen molar-refractivity contribution in [1.82, 2.24) is 4.57 Å². The zero-order valence-electron chi connectivity index (χ0n) is 13.7. The minimum atomic E-state index is -0.916. The summed E-state index contributed by atoms with van der Waals surface area (Å²) in [6.07, 6.45) is -0.0865. The first kappa shape index (κ1) is 17.5. The summed E-state index contributed by atoms with van der Waals surface area (Å²) in [6, 6.07) is 12.7. The molecule has 2 aromatic heterocycles. The number of benzene rings is 1. The number of aromatic nitrogens is 1. The maximum Gasteiger partial charge on any atom is 0.308 e. The van der Waals surface area contributed by atoms with E-state index in [0.717, 1.165) is 17.1 Å². The fraction of sp³-hybridized carbons (Fsp3) is 0.158. The molecule has 1 aromatic carbocycles. The lowest BCUT2D eigenvalue weighted by atomic mass is 10.1. The Labute approximate surface area is 154 Å². The van der Waals surface area contributed by atoms with Crippen molar-refractivity contribution in [1.29, 1.82) is 0 Å². The predicted octanol–water partition coefficient (Wildman–Crippen LogP) is 4.67. The Hall–Kier alpha value is -2.37. The summed E-state index contributed by atoms with van der Waals surface area (Å²) >= 11 is 7.55. The minimum Gasteiger partial charge on any atom is -0.481 e. The molecule has 0 saturated carbocycles. The van der Waals surface area contributed by atoms with E-state index >= 15 is 0 Å². The molecule has 3 rings (SSSR count). The molecule has 0 fully saturated rings. The van der Waals surface area contributed by atoms with Gasteiger partial charge < -0.3 is 9.67 Å². The molecule has 0 radical (unpaired) electrons. The van der Waals surface area contributed by atoms with E-state index in [1.165, 1.54) is 11.3 Å². The van der Waals surface area contributed by atoms with E-state index < -0.39 is 5.97 Å². The Morgan fingerprint density at radius 3 is 2.36 bits per heavy atom. The first-order chi connectivity index (χ1) is 11.9. The summed E-state index contributed by atoms with van der Waals surface area (Å²) in [5, 5.41) is 9.22. The normalized spacial score (nSPS) is 10.8. The van der Waals surface area contributed by atoms with Crippen LogP contribution < -0.4 is 0 Å². The fourth-order valence-corrected chi connectivity index (χ4v) is 3.99. The van der Waals surface area contributed by atoms with Crippen molar-refractivity contribution in [3.8, 4) is 5.69 Å². The van der Waals surface area contributed by atoms with Crippen molar-refractivity contribution in [2.24, 2.45) is 0 Å². The molecule has 2 heterocycles. The molecule has 0 aliphatic rings. The summed E-state index contributed by atoms with van der Waals surface area (Å²) in [5.41, 5.74) is 3.49. The lowest BCUT2D eigenvalue weighted by Crippen LogP contribution is -2.03. The Bertz CT molecular complexity index is 951. The third-order valence-electron chi connectivity index (χ3n) is 3.94. The molecule has 0 spiro atoms. The summed E-state index contributed by atoms with van der Waals surface area (Å²) in [5.74, 6) is -1.11. The first-order valence-electron chi connectivity index (χ1n) is 7.67. The van der Waals surface area contributed by atoms with Crippen LogP contribution in [0.3, 0.4) is 0 Å². The number of nitrogens with zero attached hydrogens (tertiary/aromatic N) is 1. The van der Waals surface area contributed by atoms with Crippen molar-refractivity contribution in [2.75, 3.05) is 0 Å². The van der Waals surface area contributed by atoms with E-state index in [2.05, 4.69) is 4.57 Å². The summed E-state index contributed by atoms with van der Waals surface area (Å²) in [6.45, 7) is 4.02. The van der Waals surface area contributed by atoms with Crippen LogP contribution in [0.2, 0.25) is 5.02 Å². The van der Waals surface area contributed by atoms with E-state index in [9.17, 15) is 9.59 Å². The van der Waals surface area contributed by atoms with Crippen LogP contribution in [0.15, 0.2) is 42.5 Å². The van der Waals surface area contributed by atoms with Gasteiger partial charge in [0.05, 0.1) is 16.3 Å². The summed E-state index contributed by atoms with van der Waals surface area (Å²) in [7, 11) is 0. The van der Waals surface area contributed by atoms with Gasteiger partial charge in [0.25, 0.3) is 0 Å². The van der Waals surface area contributed by atoms with E-state index in [1.807, 2.05) is 32.0 Å². The van der Waals surface area contributed by atoms with E-state index in [0.29, 0.717) is 20.3 Å². The van der Waals surface area contributed by atoms with Gasteiger partial charge in [0.15, 0.2) is 0 Å². The van der Waals surface area contributed by atoms with Crippen LogP contribution in [0.5, 0.6) is 0 Å². The molecular weight excluding hydrogens is 358 g/mol. The van der Waals surface area contributed by atoms with Crippen LogP contribution in [0.25, 0.3) is 5.69 Å². The minimum absolute atomic E-state index is 0.0865. The molecule has 0 aliphatic carbocycles. The predicted molar refractivity (Wildman–Crippen MR) is 99.3 cm³/mol. The van der Waals surface area contributed by atoms with Crippen molar-refractivity contribution in [3.63, 3.8) is 0 Å². The molecule has 0 unspecified atom stereocenters. The highest BCUT2D eigenvalue weighted by molar-refractivity contribution is 7.14. The van der Waals surface area contributed by atoms with Gasteiger partial charge in [-0.3, -0.25) is 9.59 Å². The molecule has 25 heavy (non-hydrogen) atoms. The number of thiophene rings is 1. The van der Waals surface area contributed by atoms with Gasteiger partial charge in [-0.1, -0.05) is 11.6 Å². The van der Waals surface area contributed by atoms with Gasteiger partial charge in [-0.15, -0.1) is 11.3 Å². The molecule has 0 atom stereocenters. The van der Waals surface area contributed by atoms with E-state index in [1.54, 1.807) is 24.3 Å². The summed E-state index contributed by atoms with van der Waals surface area (Å²) < 4.78 is 2.07. The second-order valence-corrected chi connectivity index (χ2v) is 7.36. The Kier molecular flexibility index (Phi) is 4.79. The number of hydrogen-bond donors (Lipinski definition) is 1. The molecule has 6 heteroatoms. The molecule has 4 nitrogen and oxygen atoms in total. The van der Waals surface area contributed by atoms with Crippen LogP contribution in [0, 0.1) is 13.8 Å². The van der Waals surface area contributed by atoms with Crippen molar-refractivity contribution in [3.05, 3.63) is 74.2 Å². The Morgan fingerprint density at radius 1 is 1.08 bits per heavy atom. The number of halogens is 1. The number of carboxylic acids is 1. The molecule has 0 bridgehead atoms. The van der Waals surface area contributed by atoms with Crippen molar-refractivity contribution < 1.29 is 14.7 Å². The van der Waals surface area contributed by atoms with E-state index in [-0.39, 0.29) is 12.2 Å². The van der Waals surface area contributed by atoms with Crippen LogP contribution >= 0.6 is 22.9 Å². The van der Waals surface area contributed by atoms with E-state index in [4.69, 9.17) is 16.7 Å². The summed E-state index contributed by atoms with van der Waals surface area (Å²) in [4.78, 5) is 24.6. The smallest absolute Gasteiger partial charge is 0.308 e. The second-order valence-electron chi connectivity index (χ2n) is 5.78. The molecule has 0 saturated heterocycles. The maximum absolute atomic E-state index is 12.7. The highest BCUT2D eigenvalue weighted by atomic mass is 35.5. The van der Waals surface area contributed by atoms with Crippen LogP contribution in [-0.4, -0.2) is 21.4 Å². The average molecular weight is 374 g/mol. The zero-order chi connectivity index (χ0) is 18.1.